The molecule has 0 saturated heterocycles. The van der Waals surface area contributed by atoms with Gasteiger partial charge in [0, 0.05) is 13.2 Å². The molecule has 0 radical (unpaired) electrons. The molecule has 0 bridgehead atoms. The fourth-order valence-corrected chi connectivity index (χ4v) is 8.89. The lowest BCUT2D eigenvalue weighted by Crippen LogP contribution is -2.33. The summed E-state index contributed by atoms with van der Waals surface area (Å²) in [5, 5.41) is 4.43. The van der Waals surface area contributed by atoms with Gasteiger partial charge in [-0.1, -0.05) is 61.0 Å². The Kier molecular flexibility index (Phi) is 10.4. The maximum Gasteiger partial charge on any atom is 0.157 e. The average Bonchev–Trinajstić information content (AvgIpc) is 2.86. The molecule has 0 N–H and O–H groups in total. The molecule has 0 unspecified atom stereocenters. The highest BCUT2D eigenvalue weighted by Crippen LogP contribution is 2.55. The zero-order valence-corrected chi connectivity index (χ0v) is 20.6. The summed E-state index contributed by atoms with van der Waals surface area (Å²) >= 11 is 0. The topological polar surface area (TPSA) is 18.5 Å². The van der Waals surface area contributed by atoms with Gasteiger partial charge in [0.15, 0.2) is 6.29 Å². The third kappa shape index (κ3) is 6.51. The Morgan fingerprint density at radius 2 is 0.969 bits per heavy atom. The zero-order valence-electron chi connectivity index (χ0n) is 19.7. The third-order valence-electron chi connectivity index (χ3n) is 5.98. The van der Waals surface area contributed by atoms with Crippen LogP contribution in [0.4, 0.5) is 0 Å². The predicted molar refractivity (Wildman–Crippen MR) is 140 cm³/mol. The number of rotatable bonds is 14. The first-order valence-corrected chi connectivity index (χ1v) is 14.1. The van der Waals surface area contributed by atoms with Crippen LogP contribution >= 0.6 is 7.26 Å². The van der Waals surface area contributed by atoms with Crippen LogP contribution in [0.25, 0.3) is 0 Å². The third-order valence-corrected chi connectivity index (χ3v) is 10.5. The minimum atomic E-state index is -1.69. The SMILES string of the molecule is CCOC(CCCCCC[P+](c1ccccc1)(c1ccccc1)c1ccccc1)OCC. The van der Waals surface area contributed by atoms with Gasteiger partial charge >= 0.3 is 0 Å². The molecule has 0 aliphatic heterocycles. The van der Waals surface area contributed by atoms with E-state index in [-0.39, 0.29) is 6.29 Å². The van der Waals surface area contributed by atoms with Crippen molar-refractivity contribution >= 4 is 23.2 Å². The number of unbranched alkanes of at least 4 members (excludes halogenated alkanes) is 3. The van der Waals surface area contributed by atoms with E-state index in [9.17, 15) is 0 Å². The molecule has 0 fully saturated rings. The summed E-state index contributed by atoms with van der Waals surface area (Å²) in [6, 6.07) is 33.5. The standard InChI is InChI=1S/C29H38O2P/c1-3-30-29(31-4-2)24-16-5-6-17-25-32(26-18-10-7-11-19-26,27-20-12-8-13-21-27)28-22-14-9-15-23-28/h7-15,18-23,29H,3-6,16-17,24-25H2,1-2H3/q+1. The Morgan fingerprint density at radius 3 is 1.38 bits per heavy atom. The number of benzene rings is 3. The first-order chi connectivity index (χ1) is 15.8. The summed E-state index contributed by atoms with van der Waals surface area (Å²) in [6.45, 7) is 5.49. The Labute approximate surface area is 195 Å². The highest BCUT2D eigenvalue weighted by atomic mass is 31.2. The molecule has 0 aromatic heterocycles. The Morgan fingerprint density at radius 1 is 0.562 bits per heavy atom. The van der Waals surface area contributed by atoms with Crippen molar-refractivity contribution in [3.63, 3.8) is 0 Å². The molecule has 0 atom stereocenters. The van der Waals surface area contributed by atoms with Crippen LogP contribution in [0.3, 0.4) is 0 Å². The molecule has 170 valence electrons. The van der Waals surface area contributed by atoms with Gasteiger partial charge in [-0.25, -0.2) is 0 Å². The van der Waals surface area contributed by atoms with Crippen molar-refractivity contribution in [2.75, 3.05) is 19.4 Å². The second kappa shape index (κ2) is 13.5. The summed E-state index contributed by atoms with van der Waals surface area (Å²) in [7, 11) is -1.69. The summed E-state index contributed by atoms with van der Waals surface area (Å²) in [5.74, 6) is 0. The van der Waals surface area contributed by atoms with E-state index in [1.54, 1.807) is 0 Å². The van der Waals surface area contributed by atoms with E-state index in [0.717, 1.165) is 12.8 Å². The number of hydrogen-bond donors (Lipinski definition) is 0. The van der Waals surface area contributed by atoms with E-state index in [0.29, 0.717) is 13.2 Å². The van der Waals surface area contributed by atoms with Crippen LogP contribution in [0, 0.1) is 0 Å². The Hall–Kier alpha value is -1.99. The van der Waals surface area contributed by atoms with Crippen molar-refractivity contribution < 1.29 is 9.47 Å². The smallest absolute Gasteiger partial charge is 0.157 e. The van der Waals surface area contributed by atoms with Gasteiger partial charge in [-0.15, -0.1) is 0 Å². The number of ether oxygens (including phenoxy) is 2. The van der Waals surface area contributed by atoms with Gasteiger partial charge < -0.3 is 9.47 Å². The van der Waals surface area contributed by atoms with Crippen LogP contribution in [-0.4, -0.2) is 25.7 Å². The summed E-state index contributed by atoms with van der Waals surface area (Å²) in [5.41, 5.74) is 0. The van der Waals surface area contributed by atoms with Crippen LogP contribution in [0.1, 0.15) is 46.0 Å². The van der Waals surface area contributed by atoms with E-state index in [2.05, 4.69) is 91.0 Å². The van der Waals surface area contributed by atoms with Crippen LogP contribution < -0.4 is 15.9 Å². The maximum atomic E-state index is 5.70. The Balaban J connectivity index is 1.76. The molecule has 3 aromatic carbocycles. The molecule has 0 heterocycles. The second-order valence-corrected chi connectivity index (χ2v) is 11.7. The van der Waals surface area contributed by atoms with E-state index in [1.807, 2.05) is 13.8 Å². The van der Waals surface area contributed by atoms with Gasteiger partial charge in [0.2, 0.25) is 0 Å². The summed E-state index contributed by atoms with van der Waals surface area (Å²) < 4.78 is 11.4. The van der Waals surface area contributed by atoms with Crippen molar-refractivity contribution in [1.82, 2.24) is 0 Å². The van der Waals surface area contributed by atoms with E-state index in [4.69, 9.17) is 9.47 Å². The van der Waals surface area contributed by atoms with Crippen LogP contribution in [0.5, 0.6) is 0 Å². The predicted octanol–water partition coefficient (Wildman–Crippen LogP) is 6.33. The van der Waals surface area contributed by atoms with E-state index >= 15 is 0 Å². The fourth-order valence-electron chi connectivity index (χ4n) is 4.48. The number of hydrogen-bond acceptors (Lipinski definition) is 2. The van der Waals surface area contributed by atoms with Gasteiger partial charge in [-0.3, -0.25) is 0 Å². The van der Waals surface area contributed by atoms with Crippen molar-refractivity contribution in [3.05, 3.63) is 91.0 Å². The molecular weight excluding hydrogens is 411 g/mol. The molecule has 3 heteroatoms. The van der Waals surface area contributed by atoms with Crippen LogP contribution in [0.15, 0.2) is 91.0 Å². The van der Waals surface area contributed by atoms with E-state index < -0.39 is 7.26 Å². The van der Waals surface area contributed by atoms with Crippen LogP contribution in [0.2, 0.25) is 0 Å². The largest absolute Gasteiger partial charge is 0.353 e. The monoisotopic (exact) mass is 449 g/mol. The lowest BCUT2D eigenvalue weighted by Gasteiger charge is -2.27. The molecular formula is C29H38O2P+. The molecule has 2 nitrogen and oxygen atoms in total. The second-order valence-electron chi connectivity index (χ2n) is 8.08. The van der Waals surface area contributed by atoms with E-state index in [1.165, 1.54) is 41.3 Å². The molecule has 0 saturated carbocycles. The summed E-state index contributed by atoms with van der Waals surface area (Å²) in [4.78, 5) is 0. The van der Waals surface area contributed by atoms with Crippen LogP contribution in [-0.2, 0) is 9.47 Å². The highest BCUT2D eigenvalue weighted by Gasteiger charge is 2.44. The molecule has 3 aromatic rings. The molecule has 0 spiro atoms. The quantitative estimate of drug-likeness (QED) is 0.163. The lowest BCUT2D eigenvalue weighted by molar-refractivity contribution is -0.140. The molecule has 0 aliphatic rings. The average molecular weight is 450 g/mol. The molecule has 32 heavy (non-hydrogen) atoms. The molecule has 0 aliphatic carbocycles. The lowest BCUT2D eigenvalue weighted by atomic mass is 10.1. The molecule has 3 rings (SSSR count). The van der Waals surface area contributed by atoms with Gasteiger partial charge in [0.1, 0.15) is 23.2 Å². The summed E-state index contributed by atoms with van der Waals surface area (Å²) in [6.07, 6.45) is 6.96. The minimum absolute atomic E-state index is 0.0467. The normalized spacial score (nSPS) is 11.7. The van der Waals surface area contributed by atoms with Gasteiger partial charge in [0.25, 0.3) is 0 Å². The fraction of sp³-hybridized carbons (Fsp3) is 0.379. The van der Waals surface area contributed by atoms with Crippen molar-refractivity contribution in [1.29, 1.82) is 0 Å². The van der Waals surface area contributed by atoms with Crippen molar-refractivity contribution in [3.8, 4) is 0 Å². The van der Waals surface area contributed by atoms with Gasteiger partial charge in [-0.2, -0.15) is 0 Å². The highest BCUT2D eigenvalue weighted by molar-refractivity contribution is 7.95. The Bertz CT molecular complexity index is 765. The first kappa shape index (κ1) is 24.6. The first-order valence-electron chi connectivity index (χ1n) is 12.1. The van der Waals surface area contributed by atoms with Crippen molar-refractivity contribution in [2.45, 2.75) is 52.2 Å². The van der Waals surface area contributed by atoms with Gasteiger partial charge in [0.05, 0.1) is 6.16 Å². The maximum absolute atomic E-state index is 5.70. The zero-order chi connectivity index (χ0) is 22.5. The van der Waals surface area contributed by atoms with Gasteiger partial charge in [-0.05, 0) is 75.9 Å². The van der Waals surface area contributed by atoms with Crippen molar-refractivity contribution in [2.24, 2.45) is 0 Å². The minimum Gasteiger partial charge on any atom is -0.353 e. The molecule has 0 amide bonds.